The van der Waals surface area contributed by atoms with E-state index < -0.39 is 5.60 Å². The lowest BCUT2D eigenvalue weighted by Gasteiger charge is -2.26. The summed E-state index contributed by atoms with van der Waals surface area (Å²) in [7, 11) is 0. The molecule has 2 aliphatic rings. The summed E-state index contributed by atoms with van der Waals surface area (Å²) in [5.41, 5.74) is -0.137. The average molecular weight is 224 g/mol. The summed E-state index contributed by atoms with van der Waals surface area (Å²) >= 11 is 0. The molecule has 0 aromatic heterocycles. The number of carbonyl (C=O) groups excluding carboxylic acids is 1. The van der Waals surface area contributed by atoms with Crippen LogP contribution >= 0.6 is 0 Å². The second kappa shape index (κ2) is 3.47. The number of nitrogens with one attached hydrogen (secondary N) is 1. The average Bonchev–Trinajstić information content (AvgIpc) is 2.75. The molecule has 0 aromatic rings. The Morgan fingerprint density at radius 1 is 1.50 bits per heavy atom. The van der Waals surface area contributed by atoms with E-state index in [9.17, 15) is 4.79 Å². The Balaban J connectivity index is 2.02. The number of hydrogen-bond donors (Lipinski definition) is 1. The van der Waals surface area contributed by atoms with Crippen LogP contribution < -0.4 is 0 Å². The van der Waals surface area contributed by atoms with Crippen LogP contribution in [0.25, 0.3) is 0 Å². The monoisotopic (exact) mass is 224 g/mol. The summed E-state index contributed by atoms with van der Waals surface area (Å²) in [4.78, 5) is 13.7. The molecule has 4 heteroatoms. The van der Waals surface area contributed by atoms with Gasteiger partial charge in [-0.15, -0.1) is 0 Å². The zero-order valence-corrected chi connectivity index (χ0v) is 10.2. The number of likely N-dealkylation sites (tertiary alicyclic amines) is 1. The fourth-order valence-corrected chi connectivity index (χ4v) is 2.31. The molecule has 4 nitrogen and oxygen atoms in total. The van der Waals surface area contributed by atoms with Gasteiger partial charge in [0.25, 0.3) is 0 Å². The summed E-state index contributed by atoms with van der Waals surface area (Å²) in [5.74, 6) is 0. The van der Waals surface area contributed by atoms with Gasteiger partial charge in [-0.2, -0.15) is 0 Å². The van der Waals surface area contributed by atoms with E-state index in [0.29, 0.717) is 5.41 Å². The van der Waals surface area contributed by atoms with Crippen LogP contribution in [0.2, 0.25) is 0 Å². The van der Waals surface area contributed by atoms with Crippen molar-refractivity contribution in [3.8, 4) is 0 Å². The van der Waals surface area contributed by atoms with Crippen LogP contribution in [0, 0.1) is 10.8 Å². The lowest BCUT2D eigenvalue weighted by atomic mass is 10.0. The van der Waals surface area contributed by atoms with Gasteiger partial charge in [-0.05, 0) is 45.4 Å². The quantitative estimate of drug-likeness (QED) is 0.695. The predicted octanol–water partition coefficient (Wildman–Crippen LogP) is 2.43. The summed E-state index contributed by atoms with van der Waals surface area (Å²) < 4.78 is 5.36. The molecule has 1 aliphatic carbocycles. The molecule has 1 atom stereocenters. The van der Waals surface area contributed by atoms with Crippen molar-refractivity contribution < 1.29 is 9.53 Å². The van der Waals surface area contributed by atoms with Crippen molar-refractivity contribution in [2.75, 3.05) is 6.54 Å². The van der Waals surface area contributed by atoms with Gasteiger partial charge in [-0.1, -0.05) is 0 Å². The van der Waals surface area contributed by atoms with Crippen LogP contribution in [0.3, 0.4) is 0 Å². The molecule has 2 rings (SSSR count). The van der Waals surface area contributed by atoms with Crippen molar-refractivity contribution in [2.24, 2.45) is 5.41 Å². The number of hydrogen-bond acceptors (Lipinski definition) is 3. The van der Waals surface area contributed by atoms with Gasteiger partial charge in [-0.25, -0.2) is 4.79 Å². The molecule has 0 bridgehead atoms. The number of ether oxygens (including phenoxy) is 1. The minimum atomic E-state index is -0.455. The second-order valence-electron chi connectivity index (χ2n) is 6.05. The lowest BCUT2D eigenvalue weighted by Crippen LogP contribution is -2.40. The molecule has 2 fully saturated rings. The normalized spacial score (nSPS) is 26.9. The molecule has 1 saturated carbocycles. The smallest absolute Gasteiger partial charge is 0.410 e. The number of rotatable bonds is 1. The second-order valence-corrected chi connectivity index (χ2v) is 6.05. The minimum absolute atomic E-state index is 0.0580. The third kappa shape index (κ3) is 2.20. The van der Waals surface area contributed by atoms with E-state index in [1.54, 1.807) is 4.90 Å². The van der Waals surface area contributed by atoms with Crippen molar-refractivity contribution in [1.29, 1.82) is 5.41 Å². The molecule has 1 spiro atoms. The molecule has 1 heterocycles. The lowest BCUT2D eigenvalue weighted by molar-refractivity contribution is 0.0260. The molecular weight excluding hydrogens is 204 g/mol. The Morgan fingerprint density at radius 3 is 2.56 bits per heavy atom. The van der Waals surface area contributed by atoms with E-state index in [-0.39, 0.29) is 12.1 Å². The van der Waals surface area contributed by atoms with Crippen LogP contribution in [-0.4, -0.2) is 35.4 Å². The molecule has 0 unspecified atom stereocenters. The maximum absolute atomic E-state index is 11.9. The summed E-state index contributed by atoms with van der Waals surface area (Å²) in [6.45, 7) is 6.37. The molecule has 1 N–H and O–H groups in total. The Kier molecular flexibility index (Phi) is 2.48. The standard InChI is InChI=1S/C12H20N2O2/c1-11(2,3)16-10(15)14-8-12(4-5-12)6-9(14)7-13/h7,9,13H,4-6,8H2,1-3H3/t9-/m0/s1. The fourth-order valence-electron chi connectivity index (χ4n) is 2.31. The van der Waals surface area contributed by atoms with Crippen LogP contribution in [0.1, 0.15) is 40.0 Å². The van der Waals surface area contributed by atoms with Gasteiger partial charge in [0.15, 0.2) is 0 Å². The highest BCUT2D eigenvalue weighted by Gasteiger charge is 2.53. The molecule has 90 valence electrons. The largest absolute Gasteiger partial charge is 0.444 e. The highest BCUT2D eigenvalue weighted by Crippen LogP contribution is 2.54. The zero-order chi connectivity index (χ0) is 12.0. The molecule has 0 aromatic carbocycles. The zero-order valence-electron chi connectivity index (χ0n) is 10.2. The van der Waals surface area contributed by atoms with Gasteiger partial charge >= 0.3 is 6.09 Å². The van der Waals surface area contributed by atoms with Gasteiger partial charge in [0.1, 0.15) is 5.60 Å². The SMILES string of the molecule is CC(C)(C)OC(=O)N1CC2(CC2)C[C@H]1C=N. The molecule has 16 heavy (non-hydrogen) atoms. The minimum Gasteiger partial charge on any atom is -0.444 e. The third-order valence-electron chi connectivity index (χ3n) is 3.33. The molecule has 1 saturated heterocycles. The third-order valence-corrected chi connectivity index (χ3v) is 3.33. The summed E-state index contributed by atoms with van der Waals surface area (Å²) in [6.07, 6.45) is 4.42. The first-order valence-corrected chi connectivity index (χ1v) is 5.85. The van der Waals surface area contributed by atoms with Gasteiger partial charge < -0.3 is 10.1 Å². The molecule has 1 aliphatic heterocycles. The van der Waals surface area contributed by atoms with E-state index in [4.69, 9.17) is 10.1 Å². The van der Waals surface area contributed by atoms with Crippen molar-refractivity contribution in [2.45, 2.75) is 51.7 Å². The van der Waals surface area contributed by atoms with Crippen molar-refractivity contribution in [3.63, 3.8) is 0 Å². The van der Waals surface area contributed by atoms with Crippen LogP contribution in [-0.2, 0) is 4.74 Å². The Labute approximate surface area is 96.5 Å². The predicted molar refractivity (Wildman–Crippen MR) is 61.8 cm³/mol. The summed E-state index contributed by atoms with van der Waals surface area (Å²) in [5, 5.41) is 7.38. The van der Waals surface area contributed by atoms with E-state index in [1.807, 2.05) is 20.8 Å². The van der Waals surface area contributed by atoms with E-state index in [0.717, 1.165) is 13.0 Å². The van der Waals surface area contributed by atoms with Crippen LogP contribution in [0.5, 0.6) is 0 Å². The molecule has 0 radical (unpaired) electrons. The first kappa shape index (κ1) is 11.4. The number of nitrogens with zero attached hydrogens (tertiary/aromatic N) is 1. The first-order chi connectivity index (χ1) is 7.35. The maximum Gasteiger partial charge on any atom is 0.410 e. The first-order valence-electron chi connectivity index (χ1n) is 5.85. The Bertz CT molecular complexity index is 315. The van der Waals surface area contributed by atoms with Gasteiger partial charge in [0.2, 0.25) is 0 Å². The Hall–Kier alpha value is -1.06. The topological polar surface area (TPSA) is 53.4 Å². The van der Waals surface area contributed by atoms with Gasteiger partial charge in [0.05, 0.1) is 6.04 Å². The van der Waals surface area contributed by atoms with Crippen molar-refractivity contribution >= 4 is 12.3 Å². The highest BCUT2D eigenvalue weighted by atomic mass is 16.6. The molecular formula is C12H20N2O2. The number of amides is 1. The Morgan fingerprint density at radius 2 is 2.12 bits per heavy atom. The van der Waals surface area contributed by atoms with Crippen LogP contribution in [0.4, 0.5) is 4.79 Å². The van der Waals surface area contributed by atoms with E-state index in [2.05, 4.69) is 0 Å². The van der Waals surface area contributed by atoms with E-state index >= 15 is 0 Å². The molecule has 1 amide bonds. The van der Waals surface area contributed by atoms with E-state index in [1.165, 1.54) is 19.1 Å². The van der Waals surface area contributed by atoms with Crippen molar-refractivity contribution in [1.82, 2.24) is 4.90 Å². The number of carbonyl (C=O) groups is 1. The highest BCUT2D eigenvalue weighted by molar-refractivity contribution is 5.75. The summed E-state index contributed by atoms with van der Waals surface area (Å²) in [6, 6.07) is -0.0580. The maximum atomic E-state index is 11.9. The van der Waals surface area contributed by atoms with Gasteiger partial charge in [-0.3, -0.25) is 4.90 Å². The van der Waals surface area contributed by atoms with Gasteiger partial charge in [0, 0.05) is 12.8 Å². The van der Waals surface area contributed by atoms with Crippen molar-refractivity contribution in [3.05, 3.63) is 0 Å². The van der Waals surface area contributed by atoms with Crippen LogP contribution in [0.15, 0.2) is 0 Å². The fraction of sp³-hybridized carbons (Fsp3) is 0.833.